The summed E-state index contributed by atoms with van der Waals surface area (Å²) < 4.78 is 0. The lowest BCUT2D eigenvalue weighted by atomic mass is 10.1. The molecule has 3 aromatic rings. The van der Waals surface area contributed by atoms with Crippen LogP contribution in [0.3, 0.4) is 0 Å². The van der Waals surface area contributed by atoms with E-state index in [4.69, 9.17) is 23.2 Å². The SMILES string of the molecule is O=C(NCc1ccc(Cl)cc1)c1cccc(C(=O)NCc2ccc(Cl)cc2)c1O. The Morgan fingerprint density at radius 2 is 1.07 bits per heavy atom. The number of phenols is 1. The molecule has 0 aliphatic heterocycles. The van der Waals surface area contributed by atoms with Gasteiger partial charge >= 0.3 is 0 Å². The van der Waals surface area contributed by atoms with E-state index in [-0.39, 0.29) is 30.0 Å². The summed E-state index contributed by atoms with van der Waals surface area (Å²) in [6.45, 7) is 0.533. The molecular weight excluding hydrogens is 411 g/mol. The van der Waals surface area contributed by atoms with Gasteiger partial charge in [0.2, 0.25) is 0 Å². The fourth-order valence-electron chi connectivity index (χ4n) is 2.67. The van der Waals surface area contributed by atoms with Crippen molar-refractivity contribution in [2.45, 2.75) is 13.1 Å². The van der Waals surface area contributed by atoms with Crippen molar-refractivity contribution in [2.24, 2.45) is 0 Å². The second-order valence-corrected chi connectivity index (χ2v) is 7.19. The molecule has 0 radical (unpaired) electrons. The number of aromatic hydroxyl groups is 1. The van der Waals surface area contributed by atoms with Crippen LogP contribution in [0.2, 0.25) is 10.0 Å². The maximum Gasteiger partial charge on any atom is 0.255 e. The molecular formula is C22H18Cl2N2O3. The monoisotopic (exact) mass is 428 g/mol. The minimum Gasteiger partial charge on any atom is -0.506 e. The number of rotatable bonds is 6. The van der Waals surface area contributed by atoms with Crippen molar-refractivity contribution in [1.29, 1.82) is 0 Å². The topological polar surface area (TPSA) is 78.4 Å². The molecule has 0 aromatic heterocycles. The van der Waals surface area contributed by atoms with Crippen molar-refractivity contribution in [3.05, 3.63) is 99.0 Å². The van der Waals surface area contributed by atoms with E-state index in [1.54, 1.807) is 54.6 Å². The molecule has 0 fully saturated rings. The first kappa shape index (κ1) is 20.7. The average Bonchev–Trinajstić information content (AvgIpc) is 2.72. The van der Waals surface area contributed by atoms with Crippen molar-refractivity contribution >= 4 is 35.0 Å². The third-order valence-corrected chi connectivity index (χ3v) is 4.76. The summed E-state index contributed by atoms with van der Waals surface area (Å²) in [6, 6.07) is 18.6. The van der Waals surface area contributed by atoms with Gasteiger partial charge in [-0.2, -0.15) is 0 Å². The Morgan fingerprint density at radius 1 is 0.690 bits per heavy atom. The molecule has 0 heterocycles. The number of halogens is 2. The first-order valence-electron chi connectivity index (χ1n) is 8.81. The molecule has 7 heteroatoms. The second-order valence-electron chi connectivity index (χ2n) is 6.32. The lowest BCUT2D eigenvalue weighted by Crippen LogP contribution is -2.25. The number of benzene rings is 3. The Kier molecular flexibility index (Phi) is 6.75. The minimum absolute atomic E-state index is 0.0260. The fraction of sp³-hybridized carbons (Fsp3) is 0.0909. The Morgan fingerprint density at radius 3 is 1.45 bits per heavy atom. The van der Waals surface area contributed by atoms with Gasteiger partial charge in [0, 0.05) is 23.1 Å². The van der Waals surface area contributed by atoms with Crippen LogP contribution >= 0.6 is 23.2 Å². The number of hydrogen-bond donors (Lipinski definition) is 3. The second kappa shape index (κ2) is 9.45. The number of nitrogens with one attached hydrogen (secondary N) is 2. The van der Waals surface area contributed by atoms with E-state index < -0.39 is 11.8 Å². The highest BCUT2D eigenvalue weighted by Gasteiger charge is 2.18. The van der Waals surface area contributed by atoms with Gasteiger partial charge in [-0.3, -0.25) is 9.59 Å². The van der Waals surface area contributed by atoms with Crippen LogP contribution in [-0.2, 0) is 13.1 Å². The standard InChI is InChI=1S/C22H18Cl2N2O3/c23-16-8-4-14(5-9-16)12-25-21(28)18-2-1-3-19(20(18)27)22(29)26-13-15-6-10-17(24)11-7-15/h1-11,27H,12-13H2,(H,25,28)(H,26,29). The number of amides is 2. The third-order valence-electron chi connectivity index (χ3n) is 4.26. The van der Waals surface area contributed by atoms with Gasteiger partial charge in [0.25, 0.3) is 11.8 Å². The predicted molar refractivity (Wildman–Crippen MR) is 113 cm³/mol. The van der Waals surface area contributed by atoms with Crippen LogP contribution in [-0.4, -0.2) is 16.9 Å². The molecule has 148 valence electrons. The molecule has 0 spiro atoms. The van der Waals surface area contributed by atoms with E-state index in [1.807, 2.05) is 0 Å². The van der Waals surface area contributed by atoms with Crippen LogP contribution in [0.4, 0.5) is 0 Å². The lowest BCUT2D eigenvalue weighted by Gasteiger charge is -2.11. The molecule has 0 unspecified atom stereocenters. The van der Waals surface area contributed by atoms with Crippen LogP contribution in [0.25, 0.3) is 0 Å². The zero-order valence-corrected chi connectivity index (χ0v) is 16.8. The highest BCUT2D eigenvalue weighted by atomic mass is 35.5. The summed E-state index contributed by atoms with van der Waals surface area (Å²) in [5.74, 6) is -1.33. The van der Waals surface area contributed by atoms with Crippen molar-refractivity contribution < 1.29 is 14.7 Å². The smallest absolute Gasteiger partial charge is 0.255 e. The summed E-state index contributed by atoms with van der Waals surface area (Å²) in [4.78, 5) is 24.9. The highest BCUT2D eigenvalue weighted by Crippen LogP contribution is 2.23. The van der Waals surface area contributed by atoms with E-state index in [0.29, 0.717) is 10.0 Å². The molecule has 3 aromatic carbocycles. The van der Waals surface area contributed by atoms with Gasteiger partial charge < -0.3 is 15.7 Å². The van der Waals surface area contributed by atoms with E-state index in [2.05, 4.69) is 10.6 Å². The van der Waals surface area contributed by atoms with Crippen LogP contribution in [0, 0.1) is 0 Å². The van der Waals surface area contributed by atoms with Crippen LogP contribution < -0.4 is 10.6 Å². The summed E-state index contributed by atoms with van der Waals surface area (Å²) in [6.07, 6.45) is 0. The Hall–Kier alpha value is -3.02. The van der Waals surface area contributed by atoms with Gasteiger partial charge in [0.15, 0.2) is 0 Å². The zero-order chi connectivity index (χ0) is 20.8. The molecule has 0 atom stereocenters. The molecule has 3 N–H and O–H groups in total. The summed E-state index contributed by atoms with van der Waals surface area (Å²) in [5, 5.41) is 17.1. The maximum absolute atomic E-state index is 12.5. The predicted octanol–water partition coefficient (Wildman–Crippen LogP) is 4.56. The van der Waals surface area contributed by atoms with Crippen LogP contribution in [0.1, 0.15) is 31.8 Å². The number of para-hydroxylation sites is 1. The molecule has 0 bridgehead atoms. The maximum atomic E-state index is 12.5. The Balaban J connectivity index is 1.65. The molecule has 29 heavy (non-hydrogen) atoms. The van der Waals surface area contributed by atoms with E-state index in [9.17, 15) is 14.7 Å². The molecule has 0 aliphatic carbocycles. The lowest BCUT2D eigenvalue weighted by molar-refractivity contribution is 0.0946. The Bertz CT molecular complexity index is 939. The number of carbonyl (C=O) groups is 2. The molecule has 0 saturated heterocycles. The first-order valence-corrected chi connectivity index (χ1v) is 9.57. The van der Waals surface area contributed by atoms with Gasteiger partial charge in [0.1, 0.15) is 5.75 Å². The van der Waals surface area contributed by atoms with Crippen molar-refractivity contribution in [1.82, 2.24) is 10.6 Å². The molecule has 3 rings (SSSR count). The van der Waals surface area contributed by atoms with Gasteiger partial charge in [-0.05, 0) is 47.5 Å². The number of phenolic OH excluding ortho intramolecular Hbond substituents is 1. The van der Waals surface area contributed by atoms with Crippen molar-refractivity contribution in [3.8, 4) is 5.75 Å². The normalized spacial score (nSPS) is 10.4. The van der Waals surface area contributed by atoms with Crippen LogP contribution in [0.15, 0.2) is 66.7 Å². The van der Waals surface area contributed by atoms with Crippen molar-refractivity contribution in [2.75, 3.05) is 0 Å². The third kappa shape index (κ3) is 5.50. The largest absolute Gasteiger partial charge is 0.506 e. The highest BCUT2D eigenvalue weighted by molar-refractivity contribution is 6.30. The quantitative estimate of drug-likeness (QED) is 0.538. The van der Waals surface area contributed by atoms with Gasteiger partial charge in [0.05, 0.1) is 11.1 Å². The summed E-state index contributed by atoms with van der Waals surface area (Å²) in [5.41, 5.74) is 1.77. The summed E-state index contributed by atoms with van der Waals surface area (Å²) in [7, 11) is 0. The van der Waals surface area contributed by atoms with E-state index in [1.165, 1.54) is 12.1 Å². The van der Waals surface area contributed by atoms with Gasteiger partial charge in [-0.1, -0.05) is 53.5 Å². The number of hydrogen-bond acceptors (Lipinski definition) is 3. The Labute approximate surface area is 178 Å². The van der Waals surface area contributed by atoms with E-state index in [0.717, 1.165) is 11.1 Å². The molecule has 5 nitrogen and oxygen atoms in total. The fourth-order valence-corrected chi connectivity index (χ4v) is 2.92. The van der Waals surface area contributed by atoms with Gasteiger partial charge in [-0.25, -0.2) is 0 Å². The minimum atomic E-state index is -0.482. The summed E-state index contributed by atoms with van der Waals surface area (Å²) >= 11 is 11.7. The molecule has 2 amide bonds. The van der Waals surface area contributed by atoms with Crippen LogP contribution in [0.5, 0.6) is 5.75 Å². The van der Waals surface area contributed by atoms with Gasteiger partial charge in [-0.15, -0.1) is 0 Å². The van der Waals surface area contributed by atoms with Crippen molar-refractivity contribution in [3.63, 3.8) is 0 Å². The molecule has 0 saturated carbocycles. The first-order chi connectivity index (χ1) is 13.9. The number of carbonyl (C=O) groups excluding carboxylic acids is 2. The molecule has 0 aliphatic rings. The van der Waals surface area contributed by atoms with E-state index >= 15 is 0 Å². The zero-order valence-electron chi connectivity index (χ0n) is 15.3. The average molecular weight is 429 g/mol.